The Kier molecular flexibility index (Phi) is 3.94. The Balaban J connectivity index is 2.16. The molecule has 4 heteroatoms. The monoisotopic (exact) mass is 264 g/mol. The lowest BCUT2D eigenvalue weighted by Crippen LogP contribution is -2.16. The van der Waals surface area contributed by atoms with Crippen molar-refractivity contribution in [3.8, 4) is 0 Å². The maximum Gasteiger partial charge on any atom is 0.105 e. The molecule has 0 radical (unpaired) electrons. The van der Waals surface area contributed by atoms with Crippen molar-refractivity contribution >= 4 is 17.3 Å². The number of benzene rings is 1. The van der Waals surface area contributed by atoms with Gasteiger partial charge in [0.2, 0.25) is 0 Å². The molecule has 96 valence electrons. The van der Waals surface area contributed by atoms with Crippen LogP contribution in [0.1, 0.15) is 16.9 Å². The molecule has 0 unspecified atom stereocenters. The van der Waals surface area contributed by atoms with Crippen LogP contribution in [0.2, 0.25) is 5.02 Å². The summed E-state index contributed by atoms with van der Waals surface area (Å²) in [5.41, 5.74) is 8.81. The highest BCUT2D eigenvalue weighted by Crippen LogP contribution is 2.24. The summed E-state index contributed by atoms with van der Waals surface area (Å²) in [5, 5.41) is 0.714. The number of hydrogen-bond acceptors (Lipinski definition) is 3. The molecule has 1 heterocycles. The maximum atomic E-state index is 6.16. The molecule has 0 amide bonds. The van der Waals surface area contributed by atoms with E-state index in [1.54, 1.807) is 6.26 Å². The number of nitrogens with zero attached hydrogens (tertiary/aromatic N) is 1. The Morgan fingerprint density at radius 3 is 2.61 bits per heavy atom. The second kappa shape index (κ2) is 5.46. The van der Waals surface area contributed by atoms with E-state index >= 15 is 0 Å². The van der Waals surface area contributed by atoms with Crippen LogP contribution >= 0.6 is 11.6 Å². The van der Waals surface area contributed by atoms with Crippen LogP contribution in [0.4, 0.5) is 5.69 Å². The molecule has 2 aromatic rings. The zero-order chi connectivity index (χ0) is 13.1. The van der Waals surface area contributed by atoms with Gasteiger partial charge in [0.15, 0.2) is 0 Å². The van der Waals surface area contributed by atoms with Crippen LogP contribution in [0.25, 0.3) is 0 Å². The van der Waals surface area contributed by atoms with Gasteiger partial charge in [0.25, 0.3) is 0 Å². The van der Waals surface area contributed by atoms with Gasteiger partial charge in [0.05, 0.1) is 6.26 Å². The summed E-state index contributed by atoms with van der Waals surface area (Å²) < 4.78 is 5.29. The van der Waals surface area contributed by atoms with E-state index in [2.05, 4.69) is 4.90 Å². The van der Waals surface area contributed by atoms with E-state index in [0.29, 0.717) is 11.6 Å². The third-order valence-corrected chi connectivity index (χ3v) is 3.42. The van der Waals surface area contributed by atoms with Gasteiger partial charge < -0.3 is 15.1 Å². The zero-order valence-electron chi connectivity index (χ0n) is 10.6. The van der Waals surface area contributed by atoms with Gasteiger partial charge in [-0.05, 0) is 30.7 Å². The highest BCUT2D eigenvalue weighted by atomic mass is 35.5. The van der Waals surface area contributed by atoms with Gasteiger partial charge in [-0.3, -0.25) is 0 Å². The first-order valence-electron chi connectivity index (χ1n) is 5.84. The first kappa shape index (κ1) is 13.0. The fourth-order valence-electron chi connectivity index (χ4n) is 1.86. The molecule has 0 saturated carbocycles. The Morgan fingerprint density at radius 1 is 1.28 bits per heavy atom. The molecule has 0 fully saturated rings. The second-order valence-corrected chi connectivity index (χ2v) is 4.75. The summed E-state index contributed by atoms with van der Waals surface area (Å²) in [6.45, 7) is 3.22. The van der Waals surface area contributed by atoms with Gasteiger partial charge in [-0.2, -0.15) is 0 Å². The van der Waals surface area contributed by atoms with Gasteiger partial charge in [-0.15, -0.1) is 0 Å². The Hall–Kier alpha value is -1.45. The average Bonchev–Trinajstić information content (AvgIpc) is 2.75. The van der Waals surface area contributed by atoms with Crippen LogP contribution < -0.4 is 10.6 Å². The quantitative estimate of drug-likeness (QED) is 0.921. The summed E-state index contributed by atoms with van der Waals surface area (Å²) in [6, 6.07) is 7.93. The molecule has 1 aromatic heterocycles. The van der Waals surface area contributed by atoms with Crippen molar-refractivity contribution in [3.05, 3.63) is 52.4 Å². The SMILES string of the molecule is Cc1occc1CN(C)c1ccc(CN)c(Cl)c1. The summed E-state index contributed by atoms with van der Waals surface area (Å²) >= 11 is 6.16. The lowest BCUT2D eigenvalue weighted by molar-refractivity contribution is 0.529. The molecule has 0 aliphatic carbocycles. The first-order chi connectivity index (χ1) is 8.61. The number of aryl methyl sites for hydroxylation is 1. The molecule has 0 spiro atoms. The summed E-state index contributed by atoms with van der Waals surface area (Å²) in [7, 11) is 2.03. The minimum Gasteiger partial charge on any atom is -0.469 e. The highest BCUT2D eigenvalue weighted by Gasteiger charge is 2.08. The Morgan fingerprint density at radius 2 is 2.06 bits per heavy atom. The van der Waals surface area contributed by atoms with E-state index in [0.717, 1.165) is 23.6 Å². The van der Waals surface area contributed by atoms with Crippen LogP contribution in [-0.2, 0) is 13.1 Å². The van der Waals surface area contributed by atoms with Crippen LogP contribution in [0.3, 0.4) is 0 Å². The summed E-state index contributed by atoms with van der Waals surface area (Å²) in [5.74, 6) is 0.950. The molecule has 2 rings (SSSR count). The molecule has 0 aliphatic rings. The normalized spacial score (nSPS) is 10.7. The molecule has 2 N–H and O–H groups in total. The number of nitrogens with two attached hydrogens (primary N) is 1. The largest absolute Gasteiger partial charge is 0.469 e. The molecule has 3 nitrogen and oxygen atoms in total. The van der Waals surface area contributed by atoms with Crippen LogP contribution in [-0.4, -0.2) is 7.05 Å². The topological polar surface area (TPSA) is 42.4 Å². The maximum absolute atomic E-state index is 6.16. The van der Waals surface area contributed by atoms with Gasteiger partial charge in [0, 0.05) is 36.4 Å². The minimum atomic E-state index is 0.462. The fourth-order valence-corrected chi connectivity index (χ4v) is 2.11. The van der Waals surface area contributed by atoms with Crippen molar-refractivity contribution < 1.29 is 4.42 Å². The van der Waals surface area contributed by atoms with E-state index in [1.165, 1.54) is 5.56 Å². The van der Waals surface area contributed by atoms with Crippen molar-refractivity contribution in [3.63, 3.8) is 0 Å². The van der Waals surface area contributed by atoms with Gasteiger partial charge in [-0.1, -0.05) is 17.7 Å². The highest BCUT2D eigenvalue weighted by molar-refractivity contribution is 6.31. The minimum absolute atomic E-state index is 0.462. The summed E-state index contributed by atoms with van der Waals surface area (Å²) in [6.07, 6.45) is 1.71. The molecule has 18 heavy (non-hydrogen) atoms. The smallest absolute Gasteiger partial charge is 0.105 e. The van der Waals surface area contributed by atoms with Crippen LogP contribution in [0, 0.1) is 6.92 Å². The lowest BCUT2D eigenvalue weighted by atomic mass is 10.2. The lowest BCUT2D eigenvalue weighted by Gasteiger charge is -2.19. The third-order valence-electron chi connectivity index (χ3n) is 3.07. The van der Waals surface area contributed by atoms with Gasteiger partial charge in [-0.25, -0.2) is 0 Å². The predicted octanol–water partition coefficient (Wildman–Crippen LogP) is 3.34. The third kappa shape index (κ3) is 2.68. The van der Waals surface area contributed by atoms with E-state index in [1.807, 2.05) is 38.2 Å². The van der Waals surface area contributed by atoms with E-state index < -0.39 is 0 Å². The van der Waals surface area contributed by atoms with Crippen molar-refractivity contribution in [2.24, 2.45) is 5.73 Å². The van der Waals surface area contributed by atoms with Crippen molar-refractivity contribution in [2.45, 2.75) is 20.0 Å². The molecule has 0 saturated heterocycles. The van der Waals surface area contributed by atoms with E-state index in [-0.39, 0.29) is 0 Å². The van der Waals surface area contributed by atoms with E-state index in [4.69, 9.17) is 21.8 Å². The summed E-state index contributed by atoms with van der Waals surface area (Å²) in [4.78, 5) is 2.13. The Bertz CT molecular complexity index is 536. The zero-order valence-corrected chi connectivity index (χ0v) is 11.4. The first-order valence-corrected chi connectivity index (χ1v) is 6.22. The van der Waals surface area contributed by atoms with Crippen molar-refractivity contribution in [2.75, 3.05) is 11.9 Å². The predicted molar refractivity (Wildman–Crippen MR) is 74.9 cm³/mol. The molecule has 0 atom stereocenters. The van der Waals surface area contributed by atoms with Crippen LogP contribution in [0.15, 0.2) is 34.9 Å². The number of anilines is 1. The molecular formula is C14H17ClN2O. The van der Waals surface area contributed by atoms with Gasteiger partial charge in [0.1, 0.15) is 5.76 Å². The fraction of sp³-hybridized carbons (Fsp3) is 0.286. The van der Waals surface area contributed by atoms with E-state index in [9.17, 15) is 0 Å². The second-order valence-electron chi connectivity index (χ2n) is 4.34. The number of rotatable bonds is 4. The number of furan rings is 1. The standard InChI is InChI=1S/C14H17ClN2O/c1-10-12(5-6-18-10)9-17(2)13-4-3-11(8-16)14(15)7-13/h3-7H,8-9,16H2,1-2H3. The Labute approximate surface area is 112 Å². The molecule has 0 aliphatic heterocycles. The number of halogens is 1. The molecule has 1 aromatic carbocycles. The van der Waals surface area contributed by atoms with Crippen LogP contribution in [0.5, 0.6) is 0 Å². The number of hydrogen-bond donors (Lipinski definition) is 1. The van der Waals surface area contributed by atoms with Gasteiger partial charge >= 0.3 is 0 Å². The molecular weight excluding hydrogens is 248 g/mol. The molecule has 0 bridgehead atoms. The average molecular weight is 265 g/mol. The van der Waals surface area contributed by atoms with Crippen molar-refractivity contribution in [1.29, 1.82) is 0 Å². The van der Waals surface area contributed by atoms with Crippen molar-refractivity contribution in [1.82, 2.24) is 0 Å².